The van der Waals surface area contributed by atoms with Crippen LogP contribution in [0.25, 0.3) is 32.9 Å². The van der Waals surface area contributed by atoms with Gasteiger partial charge in [0, 0.05) is 0 Å². The van der Waals surface area contributed by atoms with Crippen molar-refractivity contribution in [2.75, 3.05) is 14.2 Å². The van der Waals surface area contributed by atoms with E-state index in [0.717, 1.165) is 43.2 Å². The van der Waals surface area contributed by atoms with Crippen LogP contribution in [0.15, 0.2) is 60.7 Å². The second kappa shape index (κ2) is 8.06. The summed E-state index contributed by atoms with van der Waals surface area (Å²) in [4.78, 5) is 13.1. The minimum atomic E-state index is 0.473. The molecule has 154 valence electrons. The molecule has 3 aromatic carbocycles. The smallest absolute Gasteiger partial charge is 0.179 e. The van der Waals surface area contributed by atoms with Gasteiger partial charge in [-0.1, -0.05) is 35.9 Å². The second-order valence-corrected chi connectivity index (χ2v) is 8.32. The lowest BCUT2D eigenvalue weighted by atomic mass is 10.1. The van der Waals surface area contributed by atoms with Crippen molar-refractivity contribution in [1.29, 1.82) is 0 Å². The van der Waals surface area contributed by atoms with Gasteiger partial charge >= 0.3 is 0 Å². The Morgan fingerprint density at radius 3 is 2.48 bits per heavy atom. The summed E-state index contributed by atoms with van der Waals surface area (Å²) in [7, 11) is 3.16. The zero-order valence-corrected chi connectivity index (χ0v) is 18.4. The quantitative estimate of drug-likeness (QED) is 0.337. The molecule has 2 aromatic heterocycles. The number of nitrogens with one attached hydrogen (secondary N) is 1. The van der Waals surface area contributed by atoms with Crippen LogP contribution in [-0.4, -0.2) is 29.2 Å². The highest BCUT2D eigenvalue weighted by molar-refractivity contribution is 7.19. The summed E-state index contributed by atoms with van der Waals surface area (Å²) in [5.41, 5.74) is 4.55. The monoisotopic (exact) mass is 447 g/mol. The van der Waals surface area contributed by atoms with Gasteiger partial charge in [0.25, 0.3) is 0 Å². The number of thiazole rings is 1. The van der Waals surface area contributed by atoms with Gasteiger partial charge < -0.3 is 14.5 Å². The van der Waals surface area contributed by atoms with E-state index in [9.17, 15) is 0 Å². The molecule has 5 nitrogen and oxygen atoms in total. The maximum absolute atomic E-state index is 6.45. The standard InChI is InChI=1S/C24H18ClN3O2S/c1-29-20-13-14(12-16(25)22(20)30-2)11-15(23-26-17-7-3-4-8-18(17)27-23)24-28-19-9-5-6-10-21(19)31-24/h3-13H,1-2H3,(H,26,27)/b15-11+. The van der Waals surface area contributed by atoms with Gasteiger partial charge in [0.15, 0.2) is 11.5 Å². The first-order valence-corrected chi connectivity index (χ1v) is 10.8. The third-order valence-electron chi connectivity index (χ3n) is 4.94. The summed E-state index contributed by atoms with van der Waals surface area (Å²) < 4.78 is 12.0. The number of halogens is 1. The average Bonchev–Trinajstić information content (AvgIpc) is 3.41. The van der Waals surface area contributed by atoms with Gasteiger partial charge in [-0.05, 0) is 48.0 Å². The molecule has 5 aromatic rings. The maximum atomic E-state index is 6.45. The van der Waals surface area contributed by atoms with E-state index in [4.69, 9.17) is 31.0 Å². The molecular weight excluding hydrogens is 430 g/mol. The summed E-state index contributed by atoms with van der Waals surface area (Å²) in [6, 6.07) is 19.8. The van der Waals surface area contributed by atoms with Crippen LogP contribution in [0.3, 0.4) is 0 Å². The molecule has 0 aliphatic rings. The molecule has 0 fully saturated rings. The number of ether oxygens (including phenoxy) is 2. The summed E-state index contributed by atoms with van der Waals surface area (Å²) in [6.45, 7) is 0. The molecule has 0 saturated carbocycles. The molecule has 1 N–H and O–H groups in total. The third-order valence-corrected chi connectivity index (χ3v) is 6.29. The molecule has 0 unspecified atom stereocenters. The van der Waals surface area contributed by atoms with Crippen LogP contribution in [0.4, 0.5) is 0 Å². The van der Waals surface area contributed by atoms with E-state index < -0.39 is 0 Å². The Hall–Kier alpha value is -3.35. The van der Waals surface area contributed by atoms with Crippen molar-refractivity contribution in [2.24, 2.45) is 0 Å². The number of nitrogens with zero attached hydrogens (tertiary/aromatic N) is 2. The zero-order valence-electron chi connectivity index (χ0n) is 16.8. The number of fused-ring (bicyclic) bond motifs is 2. The zero-order chi connectivity index (χ0) is 21.4. The first-order valence-electron chi connectivity index (χ1n) is 9.60. The Morgan fingerprint density at radius 1 is 0.968 bits per heavy atom. The van der Waals surface area contributed by atoms with Crippen LogP contribution in [-0.2, 0) is 0 Å². The average molecular weight is 448 g/mol. The Kier molecular flexibility index (Phi) is 5.10. The Bertz CT molecular complexity index is 1300. The largest absolute Gasteiger partial charge is 0.493 e. The fourth-order valence-corrected chi connectivity index (χ4v) is 4.77. The van der Waals surface area contributed by atoms with Crippen LogP contribution in [0.2, 0.25) is 5.02 Å². The summed E-state index contributed by atoms with van der Waals surface area (Å²) in [5.74, 6) is 1.81. The van der Waals surface area contributed by atoms with Crippen molar-refractivity contribution in [3.05, 3.63) is 82.1 Å². The first kappa shape index (κ1) is 19.6. The second-order valence-electron chi connectivity index (χ2n) is 6.89. The van der Waals surface area contributed by atoms with Crippen LogP contribution in [0, 0.1) is 0 Å². The molecule has 0 aliphatic carbocycles. The molecule has 0 radical (unpaired) electrons. The van der Waals surface area contributed by atoms with Crippen molar-refractivity contribution in [3.8, 4) is 11.5 Å². The van der Waals surface area contributed by atoms with Gasteiger partial charge in [0.2, 0.25) is 0 Å². The van der Waals surface area contributed by atoms with E-state index in [-0.39, 0.29) is 0 Å². The van der Waals surface area contributed by atoms with E-state index in [1.807, 2.05) is 60.7 Å². The summed E-state index contributed by atoms with van der Waals surface area (Å²) in [5, 5.41) is 1.34. The van der Waals surface area contributed by atoms with Crippen LogP contribution >= 0.6 is 22.9 Å². The van der Waals surface area contributed by atoms with Crippen LogP contribution in [0.1, 0.15) is 16.4 Å². The minimum absolute atomic E-state index is 0.473. The van der Waals surface area contributed by atoms with Gasteiger partial charge in [0.1, 0.15) is 10.8 Å². The molecule has 0 amide bonds. The van der Waals surface area contributed by atoms with Gasteiger partial charge in [-0.15, -0.1) is 11.3 Å². The SMILES string of the molecule is COc1cc(/C=C(\c2nc3ccccc3[nH]2)c2nc3ccccc3s2)cc(Cl)c1OC. The lowest BCUT2D eigenvalue weighted by Gasteiger charge is -2.11. The number of benzene rings is 3. The molecule has 0 bridgehead atoms. The highest BCUT2D eigenvalue weighted by Gasteiger charge is 2.17. The van der Waals surface area contributed by atoms with E-state index >= 15 is 0 Å². The van der Waals surface area contributed by atoms with Crippen molar-refractivity contribution in [2.45, 2.75) is 0 Å². The molecule has 0 atom stereocenters. The van der Waals surface area contributed by atoms with E-state index in [2.05, 4.69) is 11.1 Å². The predicted molar refractivity (Wildman–Crippen MR) is 127 cm³/mol. The topological polar surface area (TPSA) is 60.0 Å². The lowest BCUT2D eigenvalue weighted by Crippen LogP contribution is -1.94. The van der Waals surface area contributed by atoms with E-state index in [1.165, 1.54) is 0 Å². The number of para-hydroxylation sites is 3. The number of rotatable bonds is 5. The molecule has 0 saturated heterocycles. The van der Waals surface area contributed by atoms with Gasteiger partial charge in [-0.25, -0.2) is 9.97 Å². The molecule has 7 heteroatoms. The van der Waals surface area contributed by atoms with E-state index in [1.54, 1.807) is 25.6 Å². The molecule has 31 heavy (non-hydrogen) atoms. The van der Waals surface area contributed by atoms with Crippen LogP contribution < -0.4 is 9.47 Å². The maximum Gasteiger partial charge on any atom is 0.179 e. The highest BCUT2D eigenvalue weighted by Crippen LogP contribution is 2.38. The van der Waals surface area contributed by atoms with Crippen LogP contribution in [0.5, 0.6) is 11.5 Å². The number of hydrogen-bond donors (Lipinski definition) is 1. The molecule has 0 aliphatic heterocycles. The number of hydrogen-bond acceptors (Lipinski definition) is 5. The minimum Gasteiger partial charge on any atom is -0.493 e. The Morgan fingerprint density at radius 2 is 1.74 bits per heavy atom. The Labute approximate surface area is 187 Å². The molecular formula is C24H18ClN3O2S. The van der Waals surface area contributed by atoms with Crippen molar-refractivity contribution < 1.29 is 9.47 Å². The fourth-order valence-electron chi connectivity index (χ4n) is 3.49. The van der Waals surface area contributed by atoms with Gasteiger partial charge in [-0.3, -0.25) is 0 Å². The number of methoxy groups -OCH3 is 2. The molecule has 5 rings (SSSR count). The first-order chi connectivity index (χ1) is 15.2. The number of aromatic nitrogens is 3. The van der Waals surface area contributed by atoms with Crippen molar-refractivity contribution >= 4 is 55.8 Å². The third kappa shape index (κ3) is 3.65. The van der Waals surface area contributed by atoms with Gasteiger partial charge in [0.05, 0.1) is 46.1 Å². The van der Waals surface area contributed by atoms with Gasteiger partial charge in [-0.2, -0.15) is 0 Å². The highest BCUT2D eigenvalue weighted by atomic mass is 35.5. The number of imidazole rings is 1. The van der Waals surface area contributed by atoms with Crippen molar-refractivity contribution in [1.82, 2.24) is 15.0 Å². The molecule has 0 spiro atoms. The lowest BCUT2D eigenvalue weighted by molar-refractivity contribution is 0.355. The summed E-state index contributed by atoms with van der Waals surface area (Å²) in [6.07, 6.45) is 2.02. The normalized spacial score (nSPS) is 11.9. The number of H-pyrrole nitrogens is 1. The van der Waals surface area contributed by atoms with Crippen molar-refractivity contribution in [3.63, 3.8) is 0 Å². The predicted octanol–water partition coefficient (Wildman–Crippen LogP) is 6.43. The van der Waals surface area contributed by atoms with E-state index in [0.29, 0.717) is 16.5 Å². The fraction of sp³-hybridized carbons (Fsp3) is 0.0833. The molecule has 2 heterocycles. The Balaban J connectivity index is 1.73. The number of aromatic amines is 1. The summed E-state index contributed by atoms with van der Waals surface area (Å²) >= 11 is 8.07.